The molecule has 1 unspecified atom stereocenters. The van der Waals surface area contributed by atoms with Crippen molar-refractivity contribution in [3.8, 4) is 0 Å². The van der Waals surface area contributed by atoms with Gasteiger partial charge in [0.15, 0.2) is 0 Å². The monoisotopic (exact) mass is 377 g/mol. The zero-order valence-electron chi connectivity index (χ0n) is 16.5. The average molecular weight is 377 g/mol. The highest BCUT2D eigenvalue weighted by molar-refractivity contribution is 6.21. The summed E-state index contributed by atoms with van der Waals surface area (Å²) in [5.74, 6) is -0.489. The van der Waals surface area contributed by atoms with Crippen molar-refractivity contribution in [3.05, 3.63) is 76.9 Å². The second-order valence-electron chi connectivity index (χ2n) is 7.69. The van der Waals surface area contributed by atoms with Gasteiger partial charge in [0.2, 0.25) is 0 Å². The fraction of sp³-hybridized carbons (Fsp3) is 0.333. The van der Waals surface area contributed by atoms with Crippen LogP contribution in [0.4, 0.5) is 0 Å². The SMILES string of the molecule is CCCCC(C)(O)Cc1cccc(/C=C/CN2C(=O)c3ccccc3C2=O)c1. The second kappa shape index (κ2) is 8.53. The molecule has 0 saturated carbocycles. The van der Waals surface area contributed by atoms with E-state index in [0.717, 1.165) is 30.4 Å². The lowest BCUT2D eigenvalue weighted by atomic mass is 9.91. The van der Waals surface area contributed by atoms with E-state index >= 15 is 0 Å². The Morgan fingerprint density at radius 3 is 2.36 bits per heavy atom. The Labute approximate surface area is 166 Å². The van der Waals surface area contributed by atoms with E-state index in [1.54, 1.807) is 24.3 Å². The van der Waals surface area contributed by atoms with E-state index in [1.165, 1.54) is 4.90 Å². The summed E-state index contributed by atoms with van der Waals surface area (Å²) < 4.78 is 0. The van der Waals surface area contributed by atoms with Gasteiger partial charge in [0, 0.05) is 13.0 Å². The summed E-state index contributed by atoms with van der Waals surface area (Å²) >= 11 is 0. The topological polar surface area (TPSA) is 57.6 Å². The van der Waals surface area contributed by atoms with Gasteiger partial charge in [0.05, 0.1) is 16.7 Å². The van der Waals surface area contributed by atoms with Crippen molar-refractivity contribution >= 4 is 17.9 Å². The average Bonchev–Trinajstić information content (AvgIpc) is 2.92. The van der Waals surface area contributed by atoms with Gasteiger partial charge in [-0.3, -0.25) is 14.5 Å². The van der Waals surface area contributed by atoms with Gasteiger partial charge < -0.3 is 5.11 Å². The largest absolute Gasteiger partial charge is 0.390 e. The maximum atomic E-state index is 12.4. The molecule has 0 spiro atoms. The molecule has 4 heteroatoms. The van der Waals surface area contributed by atoms with E-state index in [-0.39, 0.29) is 18.4 Å². The van der Waals surface area contributed by atoms with Crippen LogP contribution in [0.5, 0.6) is 0 Å². The molecule has 2 amide bonds. The lowest BCUT2D eigenvalue weighted by molar-refractivity contribution is 0.0489. The van der Waals surface area contributed by atoms with E-state index in [2.05, 4.69) is 6.92 Å². The molecule has 4 nitrogen and oxygen atoms in total. The molecular formula is C24H27NO3. The number of fused-ring (bicyclic) bond motifs is 1. The molecule has 1 heterocycles. The first-order chi connectivity index (χ1) is 13.4. The molecule has 3 rings (SSSR count). The number of hydrogen-bond acceptors (Lipinski definition) is 3. The molecular weight excluding hydrogens is 350 g/mol. The predicted octanol–water partition coefficient (Wildman–Crippen LogP) is 4.48. The van der Waals surface area contributed by atoms with E-state index in [9.17, 15) is 14.7 Å². The Morgan fingerprint density at radius 2 is 1.71 bits per heavy atom. The fourth-order valence-electron chi connectivity index (χ4n) is 3.59. The molecule has 0 radical (unpaired) electrons. The molecule has 0 saturated heterocycles. The Hall–Kier alpha value is -2.72. The summed E-state index contributed by atoms with van der Waals surface area (Å²) in [6.45, 7) is 4.24. The number of amides is 2. The summed E-state index contributed by atoms with van der Waals surface area (Å²) in [7, 11) is 0. The molecule has 1 aliphatic rings. The quantitative estimate of drug-likeness (QED) is 0.690. The minimum Gasteiger partial charge on any atom is -0.390 e. The number of unbranched alkanes of at least 4 members (excludes halogenated alkanes) is 1. The fourth-order valence-corrected chi connectivity index (χ4v) is 3.59. The summed E-state index contributed by atoms with van der Waals surface area (Å²) in [6.07, 6.45) is 7.20. The maximum Gasteiger partial charge on any atom is 0.261 e. The molecule has 28 heavy (non-hydrogen) atoms. The zero-order chi connectivity index (χ0) is 20.1. The number of carbonyl (C=O) groups excluding carboxylic acids is 2. The Bertz CT molecular complexity index is 863. The molecule has 2 aromatic rings. The van der Waals surface area contributed by atoms with Crippen LogP contribution in [-0.4, -0.2) is 34.0 Å². The second-order valence-corrected chi connectivity index (χ2v) is 7.69. The zero-order valence-corrected chi connectivity index (χ0v) is 16.5. The van der Waals surface area contributed by atoms with Gasteiger partial charge in [0.25, 0.3) is 11.8 Å². The molecule has 1 aliphatic heterocycles. The third-order valence-electron chi connectivity index (χ3n) is 5.08. The molecule has 0 fully saturated rings. The van der Waals surface area contributed by atoms with E-state index in [4.69, 9.17) is 0 Å². The number of benzene rings is 2. The van der Waals surface area contributed by atoms with Crippen molar-refractivity contribution in [2.75, 3.05) is 6.54 Å². The van der Waals surface area contributed by atoms with Crippen LogP contribution in [0, 0.1) is 0 Å². The molecule has 0 bridgehead atoms. The highest BCUT2D eigenvalue weighted by Gasteiger charge is 2.34. The summed E-state index contributed by atoms with van der Waals surface area (Å²) in [5.41, 5.74) is 2.29. The highest BCUT2D eigenvalue weighted by Crippen LogP contribution is 2.23. The van der Waals surface area contributed by atoms with Gasteiger partial charge in [0.1, 0.15) is 0 Å². The summed E-state index contributed by atoms with van der Waals surface area (Å²) in [4.78, 5) is 26.0. The van der Waals surface area contributed by atoms with Gasteiger partial charge in [-0.05, 0) is 36.6 Å². The van der Waals surface area contributed by atoms with Gasteiger partial charge in [-0.2, -0.15) is 0 Å². The van der Waals surface area contributed by atoms with E-state index < -0.39 is 5.60 Å². The first kappa shape index (κ1) is 20.0. The number of carbonyl (C=O) groups is 2. The van der Waals surface area contributed by atoms with Crippen LogP contribution in [0.15, 0.2) is 54.6 Å². The summed E-state index contributed by atoms with van der Waals surface area (Å²) in [6, 6.07) is 14.9. The lowest BCUT2D eigenvalue weighted by Gasteiger charge is -2.23. The summed E-state index contributed by atoms with van der Waals surface area (Å²) in [5, 5.41) is 10.6. The van der Waals surface area contributed by atoms with Crippen molar-refractivity contribution < 1.29 is 14.7 Å². The Kier molecular flexibility index (Phi) is 6.10. The van der Waals surface area contributed by atoms with Crippen molar-refractivity contribution in [3.63, 3.8) is 0 Å². The Morgan fingerprint density at radius 1 is 1.04 bits per heavy atom. The normalized spacial score (nSPS) is 15.9. The smallest absolute Gasteiger partial charge is 0.261 e. The van der Waals surface area contributed by atoms with Crippen molar-refractivity contribution in [2.24, 2.45) is 0 Å². The van der Waals surface area contributed by atoms with Crippen LogP contribution >= 0.6 is 0 Å². The van der Waals surface area contributed by atoms with Gasteiger partial charge in [-0.15, -0.1) is 0 Å². The van der Waals surface area contributed by atoms with Crippen LogP contribution in [0.1, 0.15) is 65.0 Å². The van der Waals surface area contributed by atoms with Crippen LogP contribution in [0.25, 0.3) is 6.08 Å². The van der Waals surface area contributed by atoms with E-state index in [1.807, 2.05) is 43.3 Å². The van der Waals surface area contributed by atoms with Gasteiger partial charge in [-0.25, -0.2) is 0 Å². The number of rotatable bonds is 8. The van der Waals surface area contributed by atoms with Crippen LogP contribution < -0.4 is 0 Å². The first-order valence-corrected chi connectivity index (χ1v) is 9.84. The molecule has 1 N–H and O–H groups in total. The van der Waals surface area contributed by atoms with Crippen molar-refractivity contribution in [1.29, 1.82) is 0 Å². The molecule has 0 aromatic heterocycles. The van der Waals surface area contributed by atoms with E-state index in [0.29, 0.717) is 17.5 Å². The Balaban J connectivity index is 1.64. The molecule has 0 aliphatic carbocycles. The van der Waals surface area contributed by atoms with Crippen LogP contribution in [0.2, 0.25) is 0 Å². The lowest BCUT2D eigenvalue weighted by Crippen LogP contribution is -2.29. The minimum absolute atomic E-state index is 0.241. The van der Waals surface area contributed by atoms with Crippen molar-refractivity contribution in [1.82, 2.24) is 4.90 Å². The molecule has 2 aromatic carbocycles. The maximum absolute atomic E-state index is 12.4. The van der Waals surface area contributed by atoms with Gasteiger partial charge in [-0.1, -0.05) is 68.3 Å². The molecule has 1 atom stereocenters. The van der Waals surface area contributed by atoms with Crippen molar-refractivity contribution in [2.45, 2.75) is 45.1 Å². The minimum atomic E-state index is -0.710. The standard InChI is InChI=1S/C24H27NO3/c1-3-4-14-24(2,28)17-19-10-7-9-18(16-19)11-8-15-25-22(26)20-12-5-6-13-21(20)23(25)27/h5-13,16,28H,3-4,14-15,17H2,1-2H3/b11-8+. The highest BCUT2D eigenvalue weighted by atomic mass is 16.3. The number of imide groups is 1. The number of nitrogens with zero attached hydrogens (tertiary/aromatic N) is 1. The van der Waals surface area contributed by atoms with Gasteiger partial charge >= 0.3 is 0 Å². The molecule has 146 valence electrons. The predicted molar refractivity (Wildman–Crippen MR) is 111 cm³/mol. The van der Waals surface area contributed by atoms with Crippen LogP contribution in [-0.2, 0) is 6.42 Å². The third-order valence-corrected chi connectivity index (χ3v) is 5.08. The third kappa shape index (κ3) is 4.57. The first-order valence-electron chi connectivity index (χ1n) is 9.84. The number of aliphatic hydroxyl groups is 1. The van der Waals surface area contributed by atoms with Crippen LogP contribution in [0.3, 0.4) is 0 Å². The number of hydrogen-bond donors (Lipinski definition) is 1.